The minimum atomic E-state index is -0.610. The van der Waals surface area contributed by atoms with Gasteiger partial charge in [-0.05, 0) is 13.0 Å². The molecule has 0 aliphatic carbocycles. The molecular weight excluding hydrogens is 211 g/mol. The average molecular weight is 228 g/mol. The predicted octanol–water partition coefficient (Wildman–Crippen LogP) is 1.90. The van der Waals surface area contributed by atoms with Gasteiger partial charge in [0.15, 0.2) is 0 Å². The first-order chi connectivity index (χ1) is 7.60. The van der Waals surface area contributed by atoms with E-state index in [2.05, 4.69) is 0 Å². The Labute approximate surface area is 94.8 Å². The molecule has 1 aromatic carbocycles. The van der Waals surface area contributed by atoms with E-state index in [1.54, 1.807) is 19.1 Å². The molecule has 0 aliphatic rings. The standard InChI is InChI=1S/C12H17FO3/c1-8(14)6-10-11(16-3)5-4-9(7-15-2)12(10)13/h4-5,8,14H,6-7H2,1-3H3. The van der Waals surface area contributed by atoms with Crippen molar-refractivity contribution in [2.75, 3.05) is 14.2 Å². The van der Waals surface area contributed by atoms with Gasteiger partial charge >= 0.3 is 0 Å². The molecule has 4 heteroatoms. The van der Waals surface area contributed by atoms with Gasteiger partial charge in [-0.2, -0.15) is 0 Å². The summed E-state index contributed by atoms with van der Waals surface area (Å²) in [6.45, 7) is 1.82. The minimum absolute atomic E-state index is 0.211. The lowest BCUT2D eigenvalue weighted by Gasteiger charge is -2.13. The molecule has 0 bridgehead atoms. The fraction of sp³-hybridized carbons (Fsp3) is 0.500. The molecule has 90 valence electrons. The summed E-state index contributed by atoms with van der Waals surface area (Å²) in [6.07, 6.45) is -0.381. The Bertz CT molecular complexity index is 350. The summed E-state index contributed by atoms with van der Waals surface area (Å²) < 4.78 is 24.0. The molecule has 0 radical (unpaired) electrons. The second-order valence-electron chi connectivity index (χ2n) is 3.71. The lowest BCUT2D eigenvalue weighted by molar-refractivity contribution is 0.179. The molecule has 0 saturated carbocycles. The van der Waals surface area contributed by atoms with Crippen molar-refractivity contribution in [3.05, 3.63) is 29.1 Å². The van der Waals surface area contributed by atoms with Gasteiger partial charge in [-0.15, -0.1) is 0 Å². The van der Waals surface area contributed by atoms with Crippen LogP contribution in [0.3, 0.4) is 0 Å². The second kappa shape index (κ2) is 5.82. The van der Waals surface area contributed by atoms with E-state index < -0.39 is 6.10 Å². The van der Waals surface area contributed by atoms with E-state index in [9.17, 15) is 9.50 Å². The summed E-state index contributed by atoms with van der Waals surface area (Å²) in [4.78, 5) is 0. The number of hydrogen-bond acceptors (Lipinski definition) is 3. The van der Waals surface area contributed by atoms with Gasteiger partial charge < -0.3 is 14.6 Å². The van der Waals surface area contributed by atoms with Gasteiger partial charge in [0.05, 0.1) is 19.8 Å². The highest BCUT2D eigenvalue weighted by Gasteiger charge is 2.15. The van der Waals surface area contributed by atoms with Crippen LogP contribution < -0.4 is 4.74 Å². The second-order valence-corrected chi connectivity index (χ2v) is 3.71. The predicted molar refractivity (Wildman–Crippen MR) is 59.0 cm³/mol. The van der Waals surface area contributed by atoms with Crippen LogP contribution in [0.4, 0.5) is 4.39 Å². The van der Waals surface area contributed by atoms with Gasteiger partial charge in [0.1, 0.15) is 11.6 Å². The SMILES string of the molecule is COCc1ccc(OC)c(CC(C)O)c1F. The Morgan fingerprint density at radius 1 is 1.38 bits per heavy atom. The Morgan fingerprint density at radius 3 is 2.56 bits per heavy atom. The van der Waals surface area contributed by atoms with Crippen molar-refractivity contribution in [1.29, 1.82) is 0 Å². The molecule has 1 aromatic rings. The highest BCUT2D eigenvalue weighted by atomic mass is 19.1. The Kier molecular flexibility index (Phi) is 4.71. The fourth-order valence-corrected chi connectivity index (χ4v) is 1.60. The lowest BCUT2D eigenvalue weighted by atomic mass is 10.0. The zero-order valence-corrected chi connectivity index (χ0v) is 9.79. The molecule has 0 aromatic heterocycles. The van der Waals surface area contributed by atoms with Gasteiger partial charge in [-0.25, -0.2) is 4.39 Å². The molecule has 0 fully saturated rings. The minimum Gasteiger partial charge on any atom is -0.496 e. The molecule has 0 spiro atoms. The van der Waals surface area contributed by atoms with E-state index in [4.69, 9.17) is 9.47 Å². The highest BCUT2D eigenvalue weighted by molar-refractivity contribution is 5.39. The van der Waals surface area contributed by atoms with Gasteiger partial charge in [0.2, 0.25) is 0 Å². The van der Waals surface area contributed by atoms with Crippen molar-refractivity contribution in [3.8, 4) is 5.75 Å². The maximum absolute atomic E-state index is 14.0. The van der Waals surface area contributed by atoms with Crippen molar-refractivity contribution < 1.29 is 19.0 Å². The number of aliphatic hydroxyl groups is 1. The van der Waals surface area contributed by atoms with Crippen LogP contribution in [0.25, 0.3) is 0 Å². The molecule has 1 rings (SSSR count). The zero-order chi connectivity index (χ0) is 12.1. The summed E-state index contributed by atoms with van der Waals surface area (Å²) in [5.74, 6) is 0.0975. The first kappa shape index (κ1) is 12.9. The van der Waals surface area contributed by atoms with E-state index in [1.807, 2.05) is 0 Å². The molecule has 1 atom stereocenters. The van der Waals surface area contributed by atoms with Crippen LogP contribution in [-0.4, -0.2) is 25.4 Å². The topological polar surface area (TPSA) is 38.7 Å². The number of methoxy groups -OCH3 is 2. The van der Waals surface area contributed by atoms with E-state index >= 15 is 0 Å². The van der Waals surface area contributed by atoms with Crippen molar-refractivity contribution in [2.24, 2.45) is 0 Å². The maximum Gasteiger partial charge on any atom is 0.135 e. The zero-order valence-electron chi connectivity index (χ0n) is 9.79. The Hall–Kier alpha value is -1.13. The normalized spacial score (nSPS) is 12.6. The molecule has 0 saturated heterocycles. The third-order valence-corrected chi connectivity index (χ3v) is 2.30. The molecule has 0 aliphatic heterocycles. The number of hydrogen-bond donors (Lipinski definition) is 1. The summed E-state index contributed by atoms with van der Waals surface area (Å²) in [6, 6.07) is 3.32. The largest absolute Gasteiger partial charge is 0.496 e. The molecule has 1 N–H and O–H groups in total. The third-order valence-electron chi connectivity index (χ3n) is 2.30. The molecule has 3 nitrogen and oxygen atoms in total. The molecule has 0 heterocycles. The number of benzene rings is 1. The number of aliphatic hydroxyl groups excluding tert-OH is 1. The van der Waals surface area contributed by atoms with Crippen LogP contribution in [0, 0.1) is 5.82 Å². The van der Waals surface area contributed by atoms with Gasteiger partial charge in [0.25, 0.3) is 0 Å². The monoisotopic (exact) mass is 228 g/mol. The van der Waals surface area contributed by atoms with E-state index in [-0.39, 0.29) is 18.8 Å². The summed E-state index contributed by atoms with van der Waals surface area (Å²) in [5.41, 5.74) is 0.867. The Morgan fingerprint density at radius 2 is 2.06 bits per heavy atom. The first-order valence-corrected chi connectivity index (χ1v) is 5.11. The molecule has 0 amide bonds. The Balaban J connectivity index is 3.12. The van der Waals surface area contributed by atoms with Crippen LogP contribution in [0.1, 0.15) is 18.1 Å². The van der Waals surface area contributed by atoms with Gasteiger partial charge in [-0.3, -0.25) is 0 Å². The van der Waals surface area contributed by atoms with E-state index in [0.717, 1.165) is 0 Å². The van der Waals surface area contributed by atoms with E-state index in [0.29, 0.717) is 16.9 Å². The lowest BCUT2D eigenvalue weighted by Crippen LogP contribution is -2.09. The van der Waals surface area contributed by atoms with Crippen LogP contribution in [0.2, 0.25) is 0 Å². The van der Waals surface area contributed by atoms with Crippen molar-refractivity contribution in [2.45, 2.75) is 26.1 Å². The van der Waals surface area contributed by atoms with Crippen molar-refractivity contribution in [1.82, 2.24) is 0 Å². The summed E-state index contributed by atoms with van der Waals surface area (Å²) in [7, 11) is 2.99. The molecular formula is C12H17FO3. The molecule has 1 unspecified atom stereocenters. The highest BCUT2D eigenvalue weighted by Crippen LogP contribution is 2.26. The quantitative estimate of drug-likeness (QED) is 0.836. The number of ether oxygens (including phenoxy) is 2. The van der Waals surface area contributed by atoms with Crippen molar-refractivity contribution >= 4 is 0 Å². The number of rotatable bonds is 5. The van der Waals surface area contributed by atoms with Gasteiger partial charge in [-0.1, -0.05) is 6.07 Å². The summed E-state index contributed by atoms with van der Waals surface area (Å²) >= 11 is 0. The van der Waals surface area contributed by atoms with E-state index in [1.165, 1.54) is 14.2 Å². The first-order valence-electron chi connectivity index (χ1n) is 5.11. The third kappa shape index (κ3) is 2.93. The molecule has 16 heavy (non-hydrogen) atoms. The average Bonchev–Trinajstić information content (AvgIpc) is 2.24. The van der Waals surface area contributed by atoms with Crippen LogP contribution in [0.5, 0.6) is 5.75 Å². The van der Waals surface area contributed by atoms with Crippen LogP contribution in [0.15, 0.2) is 12.1 Å². The van der Waals surface area contributed by atoms with Crippen LogP contribution in [-0.2, 0) is 17.8 Å². The smallest absolute Gasteiger partial charge is 0.135 e. The fourth-order valence-electron chi connectivity index (χ4n) is 1.60. The van der Waals surface area contributed by atoms with Crippen molar-refractivity contribution in [3.63, 3.8) is 0 Å². The van der Waals surface area contributed by atoms with Crippen LogP contribution >= 0.6 is 0 Å². The number of halogens is 1. The summed E-state index contributed by atoms with van der Waals surface area (Å²) in [5, 5.41) is 9.32. The van der Waals surface area contributed by atoms with Gasteiger partial charge in [0, 0.05) is 24.7 Å². The maximum atomic E-state index is 14.0.